The molecule has 3 nitrogen and oxygen atoms in total. The molecule has 0 radical (unpaired) electrons. The first-order chi connectivity index (χ1) is 16.0. The second-order valence-electron chi connectivity index (χ2n) is 13.2. The van der Waals surface area contributed by atoms with Crippen molar-refractivity contribution in [3.63, 3.8) is 0 Å². The van der Waals surface area contributed by atoms with Gasteiger partial charge in [0.05, 0.1) is 0 Å². The number of hydrogen-bond acceptors (Lipinski definition) is 3. The van der Waals surface area contributed by atoms with Crippen LogP contribution in [0.2, 0.25) is 0 Å². The standard InChI is InChI=1S/C30H49ClO3/c1-19(2)8-7-9-20(3)25-12-13-26-24-11-10-22-18-23(34-28(32)33-21(4)31)14-16-29(22,5)27(24)15-17-30(25,26)6/h10,19-21,23-27H,7-9,11-18H2,1-6H3/t20-,21?,23?,24?,25-,26?,27?,29+,30-/m1/s1. The van der Waals surface area contributed by atoms with Crippen LogP contribution in [-0.4, -0.2) is 17.8 Å². The minimum absolute atomic E-state index is 0.0739. The molecule has 0 aromatic rings. The Morgan fingerprint density at radius 3 is 2.53 bits per heavy atom. The molecule has 0 bridgehead atoms. The number of fused-ring (bicyclic) bond motifs is 5. The van der Waals surface area contributed by atoms with E-state index in [1.54, 1.807) is 6.92 Å². The zero-order valence-electron chi connectivity index (χ0n) is 22.6. The molecular weight excluding hydrogens is 444 g/mol. The molecule has 4 rings (SSSR count). The molecule has 5 unspecified atom stereocenters. The topological polar surface area (TPSA) is 35.5 Å². The second-order valence-corrected chi connectivity index (χ2v) is 13.8. The second kappa shape index (κ2) is 10.3. The van der Waals surface area contributed by atoms with Crippen LogP contribution < -0.4 is 0 Å². The van der Waals surface area contributed by atoms with E-state index in [1.807, 2.05) is 0 Å². The Morgan fingerprint density at radius 1 is 1.06 bits per heavy atom. The van der Waals surface area contributed by atoms with Gasteiger partial charge in [-0.2, -0.15) is 0 Å². The molecule has 0 spiro atoms. The van der Waals surface area contributed by atoms with Crippen LogP contribution in [0.3, 0.4) is 0 Å². The summed E-state index contributed by atoms with van der Waals surface area (Å²) >= 11 is 5.79. The first-order valence-electron chi connectivity index (χ1n) is 14.3. The summed E-state index contributed by atoms with van der Waals surface area (Å²) in [6, 6.07) is 0. The van der Waals surface area contributed by atoms with E-state index in [1.165, 1.54) is 56.9 Å². The lowest BCUT2D eigenvalue weighted by Crippen LogP contribution is -2.51. The maximum atomic E-state index is 12.0. The first-order valence-corrected chi connectivity index (χ1v) is 14.7. The van der Waals surface area contributed by atoms with Crippen molar-refractivity contribution in [2.24, 2.45) is 46.3 Å². The fraction of sp³-hybridized carbons (Fsp3) is 0.900. The average molecular weight is 493 g/mol. The van der Waals surface area contributed by atoms with Crippen LogP contribution in [-0.2, 0) is 9.47 Å². The van der Waals surface area contributed by atoms with Crippen molar-refractivity contribution in [3.8, 4) is 0 Å². The van der Waals surface area contributed by atoms with Gasteiger partial charge in [0.15, 0.2) is 5.56 Å². The molecule has 0 amide bonds. The summed E-state index contributed by atoms with van der Waals surface area (Å²) in [4.78, 5) is 12.0. The van der Waals surface area contributed by atoms with Gasteiger partial charge < -0.3 is 9.47 Å². The largest absolute Gasteiger partial charge is 0.510 e. The van der Waals surface area contributed by atoms with Gasteiger partial charge in [0.25, 0.3) is 0 Å². The number of carbonyl (C=O) groups is 1. The Balaban J connectivity index is 1.42. The van der Waals surface area contributed by atoms with Crippen molar-refractivity contribution in [2.75, 3.05) is 0 Å². The minimum Gasteiger partial charge on any atom is -0.431 e. The number of hydrogen-bond donors (Lipinski definition) is 0. The van der Waals surface area contributed by atoms with Gasteiger partial charge in [0.1, 0.15) is 6.10 Å². The van der Waals surface area contributed by atoms with Gasteiger partial charge in [-0.25, -0.2) is 4.79 Å². The van der Waals surface area contributed by atoms with Crippen LogP contribution in [0.15, 0.2) is 11.6 Å². The van der Waals surface area contributed by atoms with Crippen LogP contribution in [0.1, 0.15) is 112 Å². The quantitative estimate of drug-likeness (QED) is 0.202. The van der Waals surface area contributed by atoms with Crippen molar-refractivity contribution in [1.29, 1.82) is 0 Å². The van der Waals surface area contributed by atoms with Gasteiger partial charge in [-0.15, -0.1) is 0 Å². The normalized spacial score (nSPS) is 41.1. The molecule has 194 valence electrons. The highest BCUT2D eigenvalue weighted by Gasteiger charge is 2.59. The molecule has 4 aliphatic rings. The van der Waals surface area contributed by atoms with Crippen LogP contribution in [0, 0.1) is 46.3 Å². The first kappa shape index (κ1) is 26.4. The molecule has 0 aliphatic heterocycles. The molecule has 0 heterocycles. The lowest BCUT2D eigenvalue weighted by Gasteiger charge is -2.58. The van der Waals surface area contributed by atoms with Gasteiger partial charge in [0.2, 0.25) is 0 Å². The van der Waals surface area contributed by atoms with Crippen molar-refractivity contribution < 1.29 is 14.3 Å². The van der Waals surface area contributed by atoms with E-state index < -0.39 is 11.7 Å². The zero-order valence-corrected chi connectivity index (χ0v) is 23.3. The van der Waals surface area contributed by atoms with E-state index in [9.17, 15) is 4.79 Å². The van der Waals surface area contributed by atoms with Crippen LogP contribution in [0.5, 0.6) is 0 Å². The molecule has 9 atom stereocenters. The Labute approximate surface area is 213 Å². The maximum Gasteiger partial charge on any atom is 0.510 e. The molecular formula is C30H49ClO3. The number of halogens is 1. The predicted molar refractivity (Wildman–Crippen MR) is 140 cm³/mol. The monoisotopic (exact) mass is 492 g/mol. The van der Waals surface area contributed by atoms with E-state index in [0.717, 1.165) is 54.8 Å². The molecule has 0 aromatic carbocycles. The van der Waals surface area contributed by atoms with Gasteiger partial charge in [0, 0.05) is 6.42 Å². The Hall–Kier alpha value is -0.700. The van der Waals surface area contributed by atoms with E-state index in [0.29, 0.717) is 5.41 Å². The molecule has 0 N–H and O–H groups in total. The average Bonchev–Trinajstić information content (AvgIpc) is 3.10. The molecule has 0 aromatic heterocycles. The molecule has 3 fully saturated rings. The minimum atomic E-state index is -0.652. The fourth-order valence-corrected chi connectivity index (χ4v) is 9.12. The highest BCUT2D eigenvalue weighted by atomic mass is 35.5. The third-order valence-corrected chi connectivity index (χ3v) is 10.9. The number of allylic oxidation sites excluding steroid dienone is 1. The van der Waals surface area contributed by atoms with Gasteiger partial charge in [-0.05, 0) is 98.2 Å². The molecule has 3 saturated carbocycles. The number of rotatable bonds is 7. The maximum absolute atomic E-state index is 12.0. The van der Waals surface area contributed by atoms with Crippen LogP contribution in [0.25, 0.3) is 0 Å². The van der Waals surface area contributed by atoms with Gasteiger partial charge >= 0.3 is 6.16 Å². The van der Waals surface area contributed by atoms with Gasteiger partial charge in [-0.1, -0.05) is 77.1 Å². The third kappa shape index (κ3) is 5.07. The van der Waals surface area contributed by atoms with E-state index in [2.05, 4.69) is 40.7 Å². The SMILES string of the molecule is CC(C)CCC[C@@H](C)[C@H]1CCC2C3CC=C4CC(OC(=O)OC(C)Cl)CC[C@]4(C)C3CC[C@@]21C. The molecule has 0 saturated heterocycles. The van der Waals surface area contributed by atoms with E-state index in [4.69, 9.17) is 21.1 Å². The Kier molecular flexibility index (Phi) is 8.02. The van der Waals surface area contributed by atoms with Crippen molar-refractivity contribution >= 4 is 17.8 Å². The summed E-state index contributed by atoms with van der Waals surface area (Å²) in [6.45, 7) is 14.1. The van der Waals surface area contributed by atoms with Gasteiger partial charge in [-0.3, -0.25) is 0 Å². The molecule has 4 aliphatic carbocycles. The summed E-state index contributed by atoms with van der Waals surface area (Å²) in [5, 5.41) is 0. The van der Waals surface area contributed by atoms with Crippen molar-refractivity contribution in [1.82, 2.24) is 0 Å². The van der Waals surface area contributed by atoms with Crippen molar-refractivity contribution in [3.05, 3.63) is 11.6 Å². The van der Waals surface area contributed by atoms with Crippen molar-refractivity contribution in [2.45, 2.75) is 124 Å². The zero-order chi connectivity index (χ0) is 24.7. The highest BCUT2D eigenvalue weighted by Crippen LogP contribution is 2.67. The smallest absolute Gasteiger partial charge is 0.431 e. The lowest BCUT2D eigenvalue weighted by atomic mass is 9.47. The number of ether oxygens (including phenoxy) is 2. The fourth-order valence-electron chi connectivity index (χ4n) is 9.05. The number of alkyl halides is 1. The summed E-state index contributed by atoms with van der Waals surface area (Å²) < 4.78 is 10.6. The third-order valence-electron chi connectivity index (χ3n) is 10.8. The number of carbonyl (C=O) groups excluding carboxylic acids is 1. The lowest BCUT2D eigenvalue weighted by molar-refractivity contribution is -0.0620. The van der Waals surface area contributed by atoms with E-state index in [-0.39, 0.29) is 11.5 Å². The molecule has 4 heteroatoms. The predicted octanol–water partition coefficient (Wildman–Crippen LogP) is 9.13. The van der Waals surface area contributed by atoms with Crippen LogP contribution in [0.4, 0.5) is 4.79 Å². The van der Waals surface area contributed by atoms with Crippen LogP contribution >= 0.6 is 11.6 Å². The Bertz CT molecular complexity index is 760. The van der Waals surface area contributed by atoms with E-state index >= 15 is 0 Å². The molecule has 34 heavy (non-hydrogen) atoms. The Morgan fingerprint density at radius 2 is 1.82 bits per heavy atom. The highest BCUT2D eigenvalue weighted by molar-refractivity contribution is 6.19. The summed E-state index contributed by atoms with van der Waals surface area (Å²) in [7, 11) is 0. The summed E-state index contributed by atoms with van der Waals surface area (Å²) in [6.07, 6.45) is 15.8. The summed E-state index contributed by atoms with van der Waals surface area (Å²) in [5.41, 5.74) is 1.69. The summed E-state index contributed by atoms with van der Waals surface area (Å²) in [5.74, 6) is 5.10.